The zero-order valence-corrected chi connectivity index (χ0v) is 16.9. The lowest BCUT2D eigenvalue weighted by Crippen LogP contribution is -2.02. The SMILES string of the molecule is COc1ccccc1-c1nnc(SCCCC(C)O)n1-c1ccc(Cl)cc1. The van der Waals surface area contributed by atoms with Crippen LogP contribution >= 0.6 is 23.4 Å². The lowest BCUT2D eigenvalue weighted by atomic mass is 10.2. The first kappa shape index (κ1) is 19.7. The lowest BCUT2D eigenvalue weighted by molar-refractivity contribution is 0.184. The molecule has 0 spiro atoms. The number of nitrogens with zero attached hydrogens (tertiary/aromatic N) is 3. The van der Waals surface area contributed by atoms with Gasteiger partial charge >= 0.3 is 0 Å². The van der Waals surface area contributed by atoms with Crippen molar-refractivity contribution in [2.24, 2.45) is 0 Å². The zero-order valence-electron chi connectivity index (χ0n) is 15.3. The van der Waals surface area contributed by atoms with Gasteiger partial charge in [-0.15, -0.1) is 10.2 Å². The molecule has 2 aromatic carbocycles. The van der Waals surface area contributed by atoms with Gasteiger partial charge in [-0.3, -0.25) is 4.57 Å². The maximum Gasteiger partial charge on any atom is 0.196 e. The van der Waals surface area contributed by atoms with Crippen LogP contribution in [0, 0.1) is 0 Å². The Hall–Kier alpha value is -2.02. The van der Waals surface area contributed by atoms with Gasteiger partial charge in [0.05, 0.1) is 18.8 Å². The number of thioether (sulfide) groups is 1. The standard InChI is InChI=1S/C20H22ClN3O2S/c1-14(25)6-5-13-27-20-23-22-19(17-7-3-4-8-18(17)26-2)24(20)16-11-9-15(21)10-12-16/h3-4,7-12,14,25H,5-6,13H2,1-2H3. The number of rotatable bonds is 8. The van der Waals surface area contributed by atoms with E-state index in [9.17, 15) is 5.11 Å². The van der Waals surface area contributed by atoms with E-state index < -0.39 is 0 Å². The predicted octanol–water partition coefficient (Wildman–Crippen LogP) is 4.85. The fraction of sp³-hybridized carbons (Fsp3) is 0.300. The van der Waals surface area contributed by atoms with Crippen molar-refractivity contribution >= 4 is 23.4 Å². The number of methoxy groups -OCH3 is 1. The summed E-state index contributed by atoms with van der Waals surface area (Å²) in [5.41, 5.74) is 1.81. The van der Waals surface area contributed by atoms with Gasteiger partial charge in [0.2, 0.25) is 0 Å². The first-order valence-electron chi connectivity index (χ1n) is 8.75. The summed E-state index contributed by atoms with van der Waals surface area (Å²) in [6.07, 6.45) is 1.38. The van der Waals surface area contributed by atoms with E-state index in [1.807, 2.05) is 53.1 Å². The number of hydrogen-bond donors (Lipinski definition) is 1. The molecule has 1 unspecified atom stereocenters. The van der Waals surface area contributed by atoms with E-state index >= 15 is 0 Å². The molecule has 27 heavy (non-hydrogen) atoms. The molecular weight excluding hydrogens is 382 g/mol. The zero-order chi connectivity index (χ0) is 19.2. The van der Waals surface area contributed by atoms with Crippen molar-refractivity contribution < 1.29 is 9.84 Å². The summed E-state index contributed by atoms with van der Waals surface area (Å²) in [5.74, 6) is 2.31. The van der Waals surface area contributed by atoms with Gasteiger partial charge in [0.25, 0.3) is 0 Å². The molecule has 0 saturated heterocycles. The second-order valence-electron chi connectivity index (χ2n) is 6.16. The molecule has 0 bridgehead atoms. The lowest BCUT2D eigenvalue weighted by Gasteiger charge is -2.12. The largest absolute Gasteiger partial charge is 0.496 e. The van der Waals surface area contributed by atoms with E-state index in [0.29, 0.717) is 10.8 Å². The molecule has 0 radical (unpaired) electrons. The summed E-state index contributed by atoms with van der Waals surface area (Å²) in [5, 5.41) is 19.8. The molecule has 7 heteroatoms. The van der Waals surface area contributed by atoms with E-state index in [-0.39, 0.29) is 6.10 Å². The molecule has 1 atom stereocenters. The van der Waals surface area contributed by atoms with Crippen LogP contribution in [0.25, 0.3) is 17.1 Å². The van der Waals surface area contributed by atoms with Crippen molar-refractivity contribution in [1.82, 2.24) is 14.8 Å². The predicted molar refractivity (Wildman–Crippen MR) is 110 cm³/mol. The van der Waals surface area contributed by atoms with Gasteiger partial charge in [0, 0.05) is 16.5 Å². The third-order valence-corrected chi connectivity index (χ3v) is 5.33. The molecule has 0 fully saturated rings. The van der Waals surface area contributed by atoms with Gasteiger partial charge in [-0.1, -0.05) is 35.5 Å². The maximum atomic E-state index is 9.45. The maximum absolute atomic E-state index is 9.45. The van der Waals surface area contributed by atoms with Gasteiger partial charge in [0.15, 0.2) is 11.0 Å². The summed E-state index contributed by atoms with van der Waals surface area (Å²) in [4.78, 5) is 0. The van der Waals surface area contributed by atoms with E-state index in [2.05, 4.69) is 10.2 Å². The van der Waals surface area contributed by atoms with Gasteiger partial charge in [-0.2, -0.15) is 0 Å². The number of aliphatic hydroxyl groups is 1. The minimum Gasteiger partial charge on any atom is -0.496 e. The van der Waals surface area contributed by atoms with E-state index in [1.54, 1.807) is 25.8 Å². The van der Waals surface area contributed by atoms with E-state index in [4.69, 9.17) is 16.3 Å². The van der Waals surface area contributed by atoms with Gasteiger partial charge in [-0.05, 0) is 56.2 Å². The van der Waals surface area contributed by atoms with Crippen LogP contribution in [0.4, 0.5) is 0 Å². The highest BCUT2D eigenvalue weighted by Crippen LogP contribution is 2.33. The average Bonchev–Trinajstić information content (AvgIpc) is 3.09. The van der Waals surface area contributed by atoms with Crippen molar-refractivity contribution in [3.8, 4) is 22.8 Å². The molecule has 0 aliphatic rings. The van der Waals surface area contributed by atoms with E-state index in [1.165, 1.54) is 0 Å². The molecule has 0 aliphatic heterocycles. The fourth-order valence-electron chi connectivity index (χ4n) is 2.73. The Morgan fingerprint density at radius 3 is 2.59 bits per heavy atom. The first-order chi connectivity index (χ1) is 13.1. The van der Waals surface area contributed by atoms with Crippen LogP contribution in [0.3, 0.4) is 0 Å². The second kappa shape index (κ2) is 9.26. The van der Waals surface area contributed by atoms with Gasteiger partial charge in [0.1, 0.15) is 5.75 Å². The number of hydrogen-bond acceptors (Lipinski definition) is 5. The topological polar surface area (TPSA) is 60.2 Å². The molecular formula is C20H22ClN3O2S. The van der Waals surface area contributed by atoms with Crippen molar-refractivity contribution in [3.63, 3.8) is 0 Å². The number of benzene rings is 2. The summed E-state index contributed by atoms with van der Waals surface area (Å²) < 4.78 is 7.52. The van der Waals surface area contributed by atoms with E-state index in [0.717, 1.165) is 40.8 Å². The molecule has 0 aliphatic carbocycles. The molecule has 5 nitrogen and oxygen atoms in total. The Balaban J connectivity index is 1.99. The average molecular weight is 404 g/mol. The van der Waals surface area contributed by atoms with Crippen molar-refractivity contribution in [1.29, 1.82) is 0 Å². The molecule has 1 N–H and O–H groups in total. The van der Waals surface area contributed by atoms with Gasteiger partial charge < -0.3 is 9.84 Å². The van der Waals surface area contributed by atoms with Crippen LogP contribution in [0.1, 0.15) is 19.8 Å². The summed E-state index contributed by atoms with van der Waals surface area (Å²) >= 11 is 7.68. The normalized spacial score (nSPS) is 12.1. The number of ether oxygens (including phenoxy) is 1. The van der Waals surface area contributed by atoms with Crippen LogP contribution in [-0.2, 0) is 0 Å². The van der Waals surface area contributed by atoms with Crippen LogP contribution < -0.4 is 4.74 Å². The highest BCUT2D eigenvalue weighted by atomic mass is 35.5. The highest BCUT2D eigenvalue weighted by Gasteiger charge is 2.18. The van der Waals surface area contributed by atoms with Crippen molar-refractivity contribution in [2.75, 3.05) is 12.9 Å². The summed E-state index contributed by atoms with van der Waals surface area (Å²) in [6, 6.07) is 15.4. The van der Waals surface area contributed by atoms with Crippen LogP contribution in [0.5, 0.6) is 5.75 Å². The monoisotopic (exact) mass is 403 g/mol. The quantitative estimate of drug-likeness (QED) is 0.430. The molecule has 1 heterocycles. The third kappa shape index (κ3) is 4.83. The van der Waals surface area contributed by atoms with Gasteiger partial charge in [-0.25, -0.2) is 0 Å². The summed E-state index contributed by atoms with van der Waals surface area (Å²) in [6.45, 7) is 1.81. The smallest absolute Gasteiger partial charge is 0.196 e. The molecule has 3 rings (SSSR count). The second-order valence-corrected chi connectivity index (χ2v) is 7.66. The summed E-state index contributed by atoms with van der Waals surface area (Å²) in [7, 11) is 1.65. The minimum absolute atomic E-state index is 0.288. The number of aromatic nitrogens is 3. The first-order valence-corrected chi connectivity index (χ1v) is 10.1. The molecule has 0 saturated carbocycles. The number of para-hydroxylation sites is 1. The van der Waals surface area contributed by atoms with Crippen molar-refractivity contribution in [3.05, 3.63) is 53.6 Å². The van der Waals surface area contributed by atoms with Crippen LogP contribution in [0.2, 0.25) is 5.02 Å². The van der Waals surface area contributed by atoms with Crippen molar-refractivity contribution in [2.45, 2.75) is 31.0 Å². The molecule has 0 amide bonds. The molecule has 142 valence electrons. The Labute approximate surface area is 168 Å². The Morgan fingerprint density at radius 1 is 1.15 bits per heavy atom. The number of halogens is 1. The Morgan fingerprint density at radius 2 is 1.89 bits per heavy atom. The minimum atomic E-state index is -0.288. The Kier molecular flexibility index (Phi) is 6.77. The molecule has 1 aromatic heterocycles. The molecule has 3 aromatic rings. The van der Waals surface area contributed by atoms with Crippen LogP contribution in [0.15, 0.2) is 53.7 Å². The van der Waals surface area contributed by atoms with Crippen LogP contribution in [-0.4, -0.2) is 38.8 Å². The fourth-order valence-corrected chi connectivity index (χ4v) is 3.77. The highest BCUT2D eigenvalue weighted by molar-refractivity contribution is 7.99. The number of aliphatic hydroxyl groups excluding tert-OH is 1. The third-order valence-electron chi connectivity index (χ3n) is 4.06. The Bertz CT molecular complexity index is 881.